The molecule has 8 heteroatoms. The van der Waals surface area contributed by atoms with Crippen LogP contribution in [0.5, 0.6) is 5.75 Å². The van der Waals surface area contributed by atoms with Crippen molar-refractivity contribution in [2.45, 2.75) is 6.54 Å². The van der Waals surface area contributed by atoms with Crippen LogP contribution in [0.1, 0.15) is 5.56 Å². The number of carbonyl (C=O) groups excluding carboxylic acids is 1. The zero-order chi connectivity index (χ0) is 14.8. The van der Waals surface area contributed by atoms with Crippen LogP contribution < -0.4 is 20.5 Å². The Morgan fingerprint density at radius 2 is 2.33 bits per heavy atom. The maximum atomic E-state index is 13.4. The van der Waals surface area contributed by atoms with Gasteiger partial charge < -0.3 is 10.1 Å². The van der Waals surface area contributed by atoms with Crippen LogP contribution in [0.15, 0.2) is 30.7 Å². The van der Waals surface area contributed by atoms with E-state index >= 15 is 0 Å². The third-order valence-electron chi connectivity index (χ3n) is 3.00. The number of methoxy groups -OCH3 is 1. The number of aromatic nitrogens is 2. The molecule has 0 unspecified atom stereocenters. The summed E-state index contributed by atoms with van der Waals surface area (Å²) in [5.74, 6) is 0.0613. The quantitative estimate of drug-likeness (QED) is 0.898. The molecule has 0 fully saturated rings. The Hall–Kier alpha value is -2.90. The van der Waals surface area contributed by atoms with Crippen LogP contribution in [0.4, 0.5) is 20.7 Å². The molecule has 2 heterocycles. The van der Waals surface area contributed by atoms with Crippen LogP contribution in [0, 0.1) is 5.82 Å². The molecule has 1 aromatic heterocycles. The molecule has 1 aliphatic heterocycles. The lowest BCUT2D eigenvalue weighted by atomic mass is 10.2. The molecule has 0 saturated heterocycles. The number of carbonyl (C=O) groups is 1. The Bertz CT molecular complexity index is 694. The van der Waals surface area contributed by atoms with E-state index in [1.54, 1.807) is 6.20 Å². The fourth-order valence-corrected chi connectivity index (χ4v) is 1.99. The molecule has 0 radical (unpaired) electrons. The number of fused-ring (bicyclic) bond motifs is 1. The molecule has 0 atom stereocenters. The third-order valence-corrected chi connectivity index (χ3v) is 3.00. The van der Waals surface area contributed by atoms with Gasteiger partial charge >= 0.3 is 6.03 Å². The predicted molar refractivity (Wildman–Crippen MR) is 73.3 cm³/mol. The molecule has 1 aromatic carbocycles. The van der Waals surface area contributed by atoms with E-state index < -0.39 is 5.82 Å². The van der Waals surface area contributed by atoms with Gasteiger partial charge in [-0.1, -0.05) is 0 Å². The first kappa shape index (κ1) is 13.1. The fourth-order valence-electron chi connectivity index (χ4n) is 1.99. The average Bonchev–Trinajstić information content (AvgIpc) is 2.52. The largest absolute Gasteiger partial charge is 0.494 e. The smallest absolute Gasteiger partial charge is 0.342 e. The van der Waals surface area contributed by atoms with Gasteiger partial charge in [-0.3, -0.25) is 5.43 Å². The number of hydrazine groups is 1. The molecule has 21 heavy (non-hydrogen) atoms. The third kappa shape index (κ3) is 2.42. The Kier molecular flexibility index (Phi) is 3.27. The maximum absolute atomic E-state index is 13.4. The minimum absolute atomic E-state index is 0.0836. The molecule has 0 saturated carbocycles. The fraction of sp³-hybridized carbons (Fsp3) is 0.154. The number of benzene rings is 1. The monoisotopic (exact) mass is 289 g/mol. The molecule has 7 nitrogen and oxygen atoms in total. The van der Waals surface area contributed by atoms with E-state index in [1.807, 2.05) is 0 Å². The molecule has 0 spiro atoms. The summed E-state index contributed by atoms with van der Waals surface area (Å²) in [7, 11) is 1.37. The molecular formula is C13H12FN5O2. The number of halogens is 1. The summed E-state index contributed by atoms with van der Waals surface area (Å²) in [6, 6.07) is 3.85. The van der Waals surface area contributed by atoms with Gasteiger partial charge in [0.05, 0.1) is 12.8 Å². The predicted octanol–water partition coefficient (Wildman–Crippen LogP) is 1.68. The Labute approximate surface area is 119 Å². The van der Waals surface area contributed by atoms with Crippen molar-refractivity contribution >= 4 is 17.5 Å². The molecule has 0 bridgehead atoms. The molecule has 2 aromatic rings. The van der Waals surface area contributed by atoms with Gasteiger partial charge in [0.2, 0.25) is 0 Å². The normalized spacial score (nSPS) is 13.4. The van der Waals surface area contributed by atoms with Crippen molar-refractivity contribution < 1.29 is 13.9 Å². The minimum Gasteiger partial charge on any atom is -0.494 e. The van der Waals surface area contributed by atoms with E-state index in [4.69, 9.17) is 4.74 Å². The Morgan fingerprint density at radius 3 is 3.14 bits per heavy atom. The molecule has 108 valence electrons. The molecule has 3 rings (SSSR count). The van der Waals surface area contributed by atoms with Gasteiger partial charge in [0.15, 0.2) is 17.4 Å². The van der Waals surface area contributed by atoms with Crippen LogP contribution >= 0.6 is 0 Å². The first-order valence-corrected chi connectivity index (χ1v) is 6.16. The van der Waals surface area contributed by atoms with E-state index in [9.17, 15) is 9.18 Å². The standard InChI is InChI=1S/C13H12FN5O2/c1-21-11-4-9(2-3-10(11)14)18-19-12-8(5-15-7-17-12)6-16-13(19)20/h2-5,7,18H,6H2,1H3,(H,16,20). The van der Waals surface area contributed by atoms with E-state index in [2.05, 4.69) is 20.7 Å². The van der Waals surface area contributed by atoms with Crippen molar-refractivity contribution in [2.75, 3.05) is 17.5 Å². The van der Waals surface area contributed by atoms with E-state index in [1.165, 1.54) is 36.6 Å². The number of ether oxygens (including phenoxy) is 1. The highest BCUT2D eigenvalue weighted by Gasteiger charge is 2.25. The number of amides is 2. The van der Waals surface area contributed by atoms with Crippen molar-refractivity contribution in [1.29, 1.82) is 0 Å². The van der Waals surface area contributed by atoms with Gasteiger partial charge in [-0.15, -0.1) is 0 Å². The zero-order valence-corrected chi connectivity index (χ0v) is 11.1. The summed E-state index contributed by atoms with van der Waals surface area (Å²) in [5, 5.41) is 3.93. The summed E-state index contributed by atoms with van der Waals surface area (Å²) in [6.45, 7) is 0.361. The van der Waals surface area contributed by atoms with Gasteiger partial charge in [-0.25, -0.2) is 19.2 Å². The highest BCUT2D eigenvalue weighted by molar-refractivity contribution is 5.95. The Morgan fingerprint density at radius 1 is 1.48 bits per heavy atom. The molecule has 2 N–H and O–H groups in total. The van der Waals surface area contributed by atoms with Gasteiger partial charge in [0.1, 0.15) is 6.33 Å². The molecule has 1 aliphatic rings. The highest BCUT2D eigenvalue weighted by atomic mass is 19.1. The van der Waals surface area contributed by atoms with Gasteiger partial charge in [0.25, 0.3) is 0 Å². The molecule has 2 amide bonds. The Balaban J connectivity index is 1.92. The van der Waals surface area contributed by atoms with Crippen molar-refractivity contribution in [3.8, 4) is 5.75 Å². The average molecular weight is 289 g/mol. The number of hydrogen-bond acceptors (Lipinski definition) is 5. The number of rotatable bonds is 3. The second kappa shape index (κ2) is 5.23. The minimum atomic E-state index is -0.478. The lowest BCUT2D eigenvalue weighted by molar-refractivity contribution is 0.245. The van der Waals surface area contributed by atoms with Crippen molar-refractivity contribution in [3.63, 3.8) is 0 Å². The van der Waals surface area contributed by atoms with Crippen molar-refractivity contribution in [2.24, 2.45) is 0 Å². The van der Waals surface area contributed by atoms with Gasteiger partial charge in [-0.2, -0.15) is 5.01 Å². The number of urea groups is 1. The second-order valence-corrected chi connectivity index (χ2v) is 4.33. The summed E-state index contributed by atoms with van der Waals surface area (Å²) < 4.78 is 18.3. The summed E-state index contributed by atoms with van der Waals surface area (Å²) in [6.07, 6.45) is 2.99. The first-order valence-electron chi connectivity index (χ1n) is 6.16. The van der Waals surface area contributed by atoms with Crippen LogP contribution in [-0.2, 0) is 6.54 Å². The lowest BCUT2D eigenvalue weighted by Gasteiger charge is -2.29. The van der Waals surface area contributed by atoms with Crippen molar-refractivity contribution in [3.05, 3.63) is 42.1 Å². The van der Waals surface area contributed by atoms with Crippen LogP contribution in [-0.4, -0.2) is 23.1 Å². The van der Waals surface area contributed by atoms with Crippen molar-refractivity contribution in [1.82, 2.24) is 15.3 Å². The zero-order valence-electron chi connectivity index (χ0n) is 11.1. The molecular weight excluding hydrogens is 277 g/mol. The maximum Gasteiger partial charge on any atom is 0.342 e. The SMILES string of the molecule is COc1cc(NN2C(=O)NCc3cncnc32)ccc1F. The molecule has 0 aliphatic carbocycles. The number of nitrogens with one attached hydrogen (secondary N) is 2. The van der Waals surface area contributed by atoms with Gasteiger partial charge in [-0.05, 0) is 12.1 Å². The first-order chi connectivity index (χ1) is 10.2. The number of hydrogen-bond donors (Lipinski definition) is 2. The van der Waals surface area contributed by atoms with E-state index in [0.29, 0.717) is 18.1 Å². The van der Waals surface area contributed by atoms with E-state index in [-0.39, 0.29) is 11.8 Å². The van der Waals surface area contributed by atoms with E-state index in [0.717, 1.165) is 5.56 Å². The highest BCUT2D eigenvalue weighted by Crippen LogP contribution is 2.25. The van der Waals surface area contributed by atoms with Crippen LogP contribution in [0.3, 0.4) is 0 Å². The van der Waals surface area contributed by atoms with Crippen LogP contribution in [0.2, 0.25) is 0 Å². The van der Waals surface area contributed by atoms with Gasteiger partial charge in [0, 0.05) is 24.4 Å². The number of anilines is 2. The topological polar surface area (TPSA) is 79.4 Å². The van der Waals surface area contributed by atoms with Crippen LogP contribution in [0.25, 0.3) is 0 Å². The summed E-state index contributed by atoms with van der Waals surface area (Å²) in [4.78, 5) is 20.0. The second-order valence-electron chi connectivity index (χ2n) is 4.33. The number of nitrogens with zero attached hydrogens (tertiary/aromatic N) is 3. The summed E-state index contributed by atoms with van der Waals surface area (Å²) >= 11 is 0. The lowest BCUT2D eigenvalue weighted by Crippen LogP contribution is -2.48. The summed E-state index contributed by atoms with van der Waals surface area (Å²) in [5.41, 5.74) is 4.14.